The lowest BCUT2D eigenvalue weighted by atomic mass is 10.1. The maximum Gasteiger partial charge on any atom is 0.173 e. The van der Waals surface area contributed by atoms with Crippen molar-refractivity contribution in [1.82, 2.24) is 25.5 Å². The molecule has 2 aromatic carbocycles. The lowest BCUT2D eigenvalue weighted by molar-refractivity contribution is 0.407. The van der Waals surface area contributed by atoms with Gasteiger partial charge in [-0.3, -0.25) is 0 Å². The van der Waals surface area contributed by atoms with Crippen molar-refractivity contribution in [2.45, 2.75) is 25.9 Å². The number of nitrogens with one attached hydrogen (secondary N) is 1. The van der Waals surface area contributed by atoms with Gasteiger partial charge in [-0.05, 0) is 42.5 Å². The number of para-hydroxylation sites is 1. The first-order valence-electron chi connectivity index (χ1n) is 8.03. The lowest BCUT2D eigenvalue weighted by Gasteiger charge is -2.20. The van der Waals surface area contributed by atoms with Gasteiger partial charge in [0.05, 0.1) is 18.8 Å². The van der Waals surface area contributed by atoms with Gasteiger partial charge in [-0.25, -0.2) is 4.39 Å². The van der Waals surface area contributed by atoms with Crippen LogP contribution in [-0.2, 0) is 0 Å². The Morgan fingerprint density at radius 1 is 1.08 bits per heavy atom. The molecule has 0 fully saturated rings. The van der Waals surface area contributed by atoms with Crippen LogP contribution >= 0.6 is 0 Å². The number of rotatable bonds is 6. The molecule has 25 heavy (non-hydrogen) atoms. The van der Waals surface area contributed by atoms with Crippen molar-refractivity contribution in [3.05, 3.63) is 65.7 Å². The van der Waals surface area contributed by atoms with Gasteiger partial charge in [0, 0.05) is 17.7 Å². The first kappa shape index (κ1) is 17.0. The Morgan fingerprint density at radius 3 is 2.52 bits per heavy atom. The van der Waals surface area contributed by atoms with Crippen LogP contribution in [0.2, 0.25) is 0 Å². The van der Waals surface area contributed by atoms with Crippen molar-refractivity contribution in [3.63, 3.8) is 0 Å². The largest absolute Gasteiger partial charge is 0.497 e. The molecule has 0 radical (unpaired) electrons. The maximum absolute atomic E-state index is 14.3. The minimum atomic E-state index is -0.311. The number of tetrazole rings is 1. The third kappa shape index (κ3) is 3.66. The van der Waals surface area contributed by atoms with E-state index in [0.717, 1.165) is 5.69 Å². The van der Waals surface area contributed by atoms with Gasteiger partial charge in [-0.2, -0.15) is 4.68 Å². The molecular formula is C18H20FN5O. The van der Waals surface area contributed by atoms with Crippen molar-refractivity contribution in [2.75, 3.05) is 7.11 Å². The Bertz CT molecular complexity index is 836. The Kier molecular flexibility index (Phi) is 5.04. The van der Waals surface area contributed by atoms with Crippen LogP contribution in [-0.4, -0.2) is 27.3 Å². The Labute approximate surface area is 145 Å². The van der Waals surface area contributed by atoms with Gasteiger partial charge in [-0.1, -0.05) is 24.3 Å². The molecule has 6 nitrogen and oxygen atoms in total. The fourth-order valence-corrected chi connectivity index (χ4v) is 2.74. The van der Waals surface area contributed by atoms with Gasteiger partial charge in [0.1, 0.15) is 11.6 Å². The molecule has 7 heteroatoms. The summed E-state index contributed by atoms with van der Waals surface area (Å²) in [4.78, 5) is 0. The van der Waals surface area contributed by atoms with Crippen LogP contribution in [0.4, 0.5) is 4.39 Å². The number of halogens is 1. The van der Waals surface area contributed by atoms with Crippen LogP contribution in [0.1, 0.15) is 37.3 Å². The molecular weight excluding hydrogens is 321 g/mol. The second-order valence-corrected chi connectivity index (χ2v) is 5.78. The fourth-order valence-electron chi connectivity index (χ4n) is 2.74. The zero-order chi connectivity index (χ0) is 17.8. The minimum absolute atomic E-state index is 0.174. The van der Waals surface area contributed by atoms with Crippen LogP contribution in [0, 0.1) is 5.82 Å². The summed E-state index contributed by atoms with van der Waals surface area (Å²) in [5.41, 5.74) is 1.44. The molecule has 1 heterocycles. The van der Waals surface area contributed by atoms with Gasteiger partial charge in [0.25, 0.3) is 0 Å². The SMILES string of the molecule is COc1ccc([C@H](C)N[C@@H](C)c2nnnn2-c2ccccc2)c(F)c1. The van der Waals surface area contributed by atoms with Crippen LogP contribution in [0.15, 0.2) is 48.5 Å². The molecule has 0 amide bonds. The first-order chi connectivity index (χ1) is 12.1. The van der Waals surface area contributed by atoms with E-state index in [-0.39, 0.29) is 17.9 Å². The molecule has 0 aliphatic heterocycles. The summed E-state index contributed by atoms with van der Waals surface area (Å²) in [6.45, 7) is 3.85. The van der Waals surface area contributed by atoms with E-state index >= 15 is 0 Å². The molecule has 0 spiro atoms. The molecule has 0 aliphatic carbocycles. The van der Waals surface area contributed by atoms with E-state index in [1.807, 2.05) is 44.2 Å². The molecule has 0 saturated heterocycles. The lowest BCUT2D eigenvalue weighted by Crippen LogP contribution is -2.25. The monoisotopic (exact) mass is 341 g/mol. The summed E-state index contributed by atoms with van der Waals surface area (Å²) in [5.74, 6) is 0.843. The van der Waals surface area contributed by atoms with Gasteiger partial charge >= 0.3 is 0 Å². The molecule has 2 atom stereocenters. The van der Waals surface area contributed by atoms with Crippen molar-refractivity contribution in [1.29, 1.82) is 0 Å². The zero-order valence-corrected chi connectivity index (χ0v) is 14.3. The Balaban J connectivity index is 1.79. The Hall–Kier alpha value is -2.80. The summed E-state index contributed by atoms with van der Waals surface area (Å²) < 4.78 is 21.0. The number of ether oxygens (including phenoxy) is 1. The second-order valence-electron chi connectivity index (χ2n) is 5.78. The standard InChI is InChI=1S/C18H20FN5O/c1-12(16-10-9-15(25-3)11-17(16)19)20-13(2)18-21-22-23-24(18)14-7-5-4-6-8-14/h4-13,20H,1-3H3/t12-,13-/m0/s1. The minimum Gasteiger partial charge on any atom is -0.497 e. The summed E-state index contributed by atoms with van der Waals surface area (Å²) in [7, 11) is 1.52. The van der Waals surface area contributed by atoms with Crippen LogP contribution in [0.3, 0.4) is 0 Å². The number of benzene rings is 2. The third-order valence-corrected chi connectivity index (χ3v) is 4.06. The number of hydrogen-bond acceptors (Lipinski definition) is 5. The third-order valence-electron chi connectivity index (χ3n) is 4.06. The zero-order valence-electron chi connectivity index (χ0n) is 14.3. The highest BCUT2D eigenvalue weighted by Gasteiger charge is 2.20. The average molecular weight is 341 g/mol. The molecule has 0 unspecified atom stereocenters. The number of hydrogen-bond donors (Lipinski definition) is 1. The van der Waals surface area contributed by atoms with E-state index in [9.17, 15) is 4.39 Å². The van der Waals surface area contributed by atoms with Gasteiger partial charge in [-0.15, -0.1) is 5.10 Å². The summed E-state index contributed by atoms with van der Waals surface area (Å²) in [6, 6.07) is 14.1. The topological polar surface area (TPSA) is 64.9 Å². The van der Waals surface area contributed by atoms with Crippen molar-refractivity contribution in [3.8, 4) is 11.4 Å². The molecule has 3 aromatic rings. The predicted molar refractivity (Wildman–Crippen MR) is 92.1 cm³/mol. The summed E-state index contributed by atoms with van der Waals surface area (Å²) in [6.07, 6.45) is 0. The van der Waals surface area contributed by atoms with E-state index in [4.69, 9.17) is 4.74 Å². The van der Waals surface area contributed by atoms with Crippen LogP contribution in [0.5, 0.6) is 5.75 Å². The quantitative estimate of drug-likeness (QED) is 0.746. The normalized spacial score (nSPS) is 13.4. The van der Waals surface area contributed by atoms with Crippen molar-refractivity contribution >= 4 is 0 Å². The van der Waals surface area contributed by atoms with Gasteiger partial charge in [0.15, 0.2) is 5.82 Å². The van der Waals surface area contributed by atoms with Crippen molar-refractivity contribution in [2.24, 2.45) is 0 Å². The molecule has 0 aliphatic rings. The molecule has 1 N–H and O–H groups in total. The van der Waals surface area contributed by atoms with E-state index in [0.29, 0.717) is 17.1 Å². The van der Waals surface area contributed by atoms with E-state index in [1.54, 1.807) is 16.8 Å². The maximum atomic E-state index is 14.3. The number of nitrogens with zero attached hydrogens (tertiary/aromatic N) is 4. The average Bonchev–Trinajstić information content (AvgIpc) is 3.12. The van der Waals surface area contributed by atoms with Gasteiger partial charge in [0.2, 0.25) is 0 Å². The van der Waals surface area contributed by atoms with Crippen molar-refractivity contribution < 1.29 is 9.13 Å². The highest BCUT2D eigenvalue weighted by atomic mass is 19.1. The second kappa shape index (κ2) is 7.40. The van der Waals surface area contributed by atoms with E-state index in [1.165, 1.54) is 13.2 Å². The number of aromatic nitrogens is 4. The smallest absolute Gasteiger partial charge is 0.173 e. The number of methoxy groups -OCH3 is 1. The van der Waals surface area contributed by atoms with Gasteiger partial charge < -0.3 is 10.1 Å². The molecule has 0 bridgehead atoms. The fraction of sp³-hybridized carbons (Fsp3) is 0.278. The van der Waals surface area contributed by atoms with Crippen LogP contribution < -0.4 is 10.1 Å². The summed E-state index contributed by atoms with van der Waals surface area (Å²) >= 11 is 0. The first-order valence-corrected chi connectivity index (χ1v) is 8.03. The molecule has 1 aromatic heterocycles. The molecule has 130 valence electrons. The highest BCUT2D eigenvalue weighted by Crippen LogP contribution is 2.24. The predicted octanol–water partition coefficient (Wildman–Crippen LogP) is 3.22. The van der Waals surface area contributed by atoms with E-state index in [2.05, 4.69) is 20.8 Å². The van der Waals surface area contributed by atoms with E-state index < -0.39 is 0 Å². The van der Waals surface area contributed by atoms with Crippen LogP contribution in [0.25, 0.3) is 5.69 Å². The molecule has 3 rings (SSSR count). The highest BCUT2D eigenvalue weighted by molar-refractivity contribution is 5.32. The summed E-state index contributed by atoms with van der Waals surface area (Å²) in [5, 5.41) is 15.3. The Morgan fingerprint density at radius 2 is 1.84 bits per heavy atom. The molecule has 0 saturated carbocycles.